The molecule has 1 saturated heterocycles. The lowest BCUT2D eigenvalue weighted by Gasteiger charge is -2.44. The van der Waals surface area contributed by atoms with Crippen molar-refractivity contribution in [2.45, 2.75) is 356 Å². The molecule has 11 nitrogen and oxygen atoms in total. The van der Waals surface area contributed by atoms with Crippen molar-refractivity contribution >= 4 is 53.1 Å². The van der Waals surface area contributed by atoms with Gasteiger partial charge in [-0.25, -0.2) is 0 Å². The zero-order chi connectivity index (χ0) is 66.7. The van der Waals surface area contributed by atoms with E-state index in [4.69, 9.17) is 41.4 Å². The number of ether oxygens (including phenoxy) is 5. The van der Waals surface area contributed by atoms with E-state index < -0.39 is 70.9 Å². The Hall–Kier alpha value is -1.74. The van der Waals surface area contributed by atoms with Crippen LogP contribution in [0, 0.1) is 22.8 Å². The smallest absolute Gasteiger partial charge is 0.311 e. The van der Waals surface area contributed by atoms with Gasteiger partial charge in [0.1, 0.15) is 38.2 Å². The van der Waals surface area contributed by atoms with Gasteiger partial charge < -0.3 is 41.4 Å². The summed E-state index contributed by atoms with van der Waals surface area (Å²) >= 11 is 0. The fourth-order valence-electron chi connectivity index (χ4n) is 9.37. The Balaban J connectivity index is 2.69. The van der Waals surface area contributed by atoms with Crippen LogP contribution in [0.4, 0.5) is 0 Å². The Morgan fingerprint density at radius 3 is 1.58 bits per heavy atom. The van der Waals surface area contributed by atoms with E-state index in [0.717, 1.165) is 36.1 Å². The van der Waals surface area contributed by atoms with E-state index in [-0.39, 0.29) is 68.3 Å². The highest BCUT2D eigenvalue weighted by atomic mass is 28.4. The number of benzene rings is 1. The molecular weight excluding hydrogens is 1160 g/mol. The van der Waals surface area contributed by atoms with Crippen molar-refractivity contribution in [2.75, 3.05) is 7.11 Å². The summed E-state index contributed by atoms with van der Waals surface area (Å²) in [6, 6.07) is 8.04. The number of hydrogen-bond donors (Lipinski definition) is 0. The van der Waals surface area contributed by atoms with Gasteiger partial charge in [0.05, 0.1) is 31.3 Å². The average Bonchev–Trinajstić information content (AvgIpc) is 1.63. The lowest BCUT2D eigenvalue weighted by atomic mass is 9.92. The van der Waals surface area contributed by atoms with Crippen molar-refractivity contribution in [3.63, 3.8) is 0 Å². The van der Waals surface area contributed by atoms with Gasteiger partial charge in [-0.3, -0.25) is 9.59 Å². The Morgan fingerprint density at radius 1 is 0.640 bits per heavy atom. The third kappa shape index (κ3) is 26.5. The monoisotopic (exact) mass is 1290 g/mol. The number of rotatable bonds is 31. The molecule has 16 heteroatoms. The molecule has 2 rings (SSSR count). The van der Waals surface area contributed by atoms with Crippen molar-refractivity contribution in [3.05, 3.63) is 41.5 Å². The van der Waals surface area contributed by atoms with Crippen LogP contribution in [-0.4, -0.2) is 115 Å². The largest absolute Gasteiger partial charge is 0.497 e. The minimum absolute atomic E-state index is 0.00414. The second kappa shape index (κ2) is 31.7. The lowest BCUT2D eigenvalue weighted by molar-refractivity contribution is -0.280. The zero-order valence-corrected chi connectivity index (χ0v) is 66.4. The van der Waals surface area contributed by atoms with Gasteiger partial charge in [-0.2, -0.15) is 0 Å². The first-order chi connectivity index (χ1) is 38.7. The third-order valence-corrected chi connectivity index (χ3v) is 38.0. The maximum atomic E-state index is 15.0. The van der Waals surface area contributed by atoms with Crippen molar-refractivity contribution in [2.24, 2.45) is 11.3 Å². The molecule has 9 atom stereocenters. The zero-order valence-electron chi connectivity index (χ0n) is 61.4. The SMILES string of the molecule is CCCC[C@@H](OC(=O)C(C)(C)C)[C@@H](CC[C@@H](C[C@@H](CC[C@H]1OC(C)(C)O[C@H](C/C(C)=C/[C@H](C)[C@@H](C[C@@H](C#C[Si](C)(C)C)O[Si](C)(C)C(C)(C)C)OCc2ccc(OC)cc2)C1=O)O[Si](C)(C)C(C)(C)C)O[Si](C)(C)C(C)(C)C)O[Si](C)(C)C(C)(C)C. The summed E-state index contributed by atoms with van der Waals surface area (Å²) < 4.78 is 61.7. The van der Waals surface area contributed by atoms with Crippen molar-refractivity contribution in [1.29, 1.82) is 0 Å². The number of carbonyl (C=O) groups excluding carboxylic acids is 2. The number of esters is 1. The fraction of sp³-hybridized carbons (Fsp3) is 0.829. The number of Topliss-reactive ketones (excluding diaryl/α,β-unsaturated/α-hetero) is 1. The first-order valence-electron chi connectivity index (χ1n) is 32.9. The van der Waals surface area contributed by atoms with E-state index in [9.17, 15) is 9.59 Å². The molecule has 0 unspecified atom stereocenters. The molecule has 1 aliphatic rings. The quantitative estimate of drug-likeness (QED) is 0.0306. The van der Waals surface area contributed by atoms with Gasteiger partial charge in [0.15, 0.2) is 44.8 Å². The molecule has 1 aromatic carbocycles. The molecule has 0 spiro atoms. The molecule has 0 aliphatic carbocycles. The first kappa shape index (κ1) is 80.4. The molecule has 1 aliphatic heterocycles. The van der Waals surface area contributed by atoms with Gasteiger partial charge in [-0.1, -0.05) is 153 Å². The summed E-state index contributed by atoms with van der Waals surface area (Å²) in [5.41, 5.74) is 5.09. The number of hydrogen-bond acceptors (Lipinski definition) is 11. The number of unbranched alkanes of at least 4 members (excludes halogenated alkanes) is 1. The summed E-state index contributed by atoms with van der Waals surface area (Å²) in [5.74, 6) is 3.13. The summed E-state index contributed by atoms with van der Waals surface area (Å²) in [4.78, 5) is 28.7. The molecule has 0 amide bonds. The van der Waals surface area contributed by atoms with E-state index in [2.05, 4.69) is 193 Å². The molecule has 0 radical (unpaired) electrons. The summed E-state index contributed by atoms with van der Waals surface area (Å²) in [6.45, 7) is 69.2. The van der Waals surface area contributed by atoms with E-state index in [1.807, 2.05) is 58.9 Å². The van der Waals surface area contributed by atoms with Crippen LogP contribution in [0.15, 0.2) is 35.9 Å². The standard InChI is InChI=1S/C70H132O11Si5/c1-33-34-35-58(75-64(72)65(4,5)6)59(81-86(31,32)69(16,17)18)42-40-55(78-83(25,26)66(7,8)9)48-56(79-84(27,28)67(10,11)12)41-43-60-63(71)62(77-70(19,20)76-60)47-51(2)46-52(3)61(74-50-53-36-38-54(73-21)39-37-53)49-57(44-45-82(22,23)24)80-85(29,30)68(13,14)15/h36-39,46,52,55-62H,33-35,40-43,47-50H2,1-32H3/b51-46+/t52-,55-,56+,57+,58+,59+,60+,61+,62+/m0/s1. The first-order valence-corrected chi connectivity index (χ1v) is 48.1. The van der Waals surface area contributed by atoms with Gasteiger partial charge in [-0.15, -0.1) is 5.54 Å². The van der Waals surface area contributed by atoms with Crippen LogP contribution in [-0.2, 0) is 52.8 Å². The molecule has 0 aromatic heterocycles. The van der Waals surface area contributed by atoms with E-state index in [0.29, 0.717) is 51.6 Å². The van der Waals surface area contributed by atoms with Crippen molar-refractivity contribution < 1.29 is 51.0 Å². The Kier molecular flexibility index (Phi) is 29.6. The fourth-order valence-corrected chi connectivity index (χ4v) is 15.4. The van der Waals surface area contributed by atoms with Crippen LogP contribution >= 0.6 is 0 Å². The Labute approximate surface area is 534 Å². The predicted octanol–water partition coefficient (Wildman–Crippen LogP) is 19.6. The molecule has 0 N–H and O–H groups in total. The van der Waals surface area contributed by atoms with Crippen LogP contribution in [0.1, 0.15) is 208 Å². The highest BCUT2D eigenvalue weighted by molar-refractivity contribution is 6.84. The third-order valence-electron chi connectivity index (χ3n) is 19.0. The topological polar surface area (TPSA) is 117 Å². The van der Waals surface area contributed by atoms with E-state index in [1.165, 1.54) is 0 Å². The number of ketones is 1. The normalized spacial score (nSPS) is 19.9. The van der Waals surface area contributed by atoms with Crippen LogP contribution < -0.4 is 4.74 Å². The molecule has 86 heavy (non-hydrogen) atoms. The minimum Gasteiger partial charge on any atom is -0.497 e. The van der Waals surface area contributed by atoms with Crippen LogP contribution in [0.25, 0.3) is 0 Å². The Bertz CT molecular complexity index is 2340. The number of methoxy groups -OCH3 is 1. The van der Waals surface area contributed by atoms with E-state index in [1.54, 1.807) is 7.11 Å². The summed E-state index contributed by atoms with van der Waals surface area (Å²) in [7, 11) is -9.34. The maximum Gasteiger partial charge on any atom is 0.311 e. The summed E-state index contributed by atoms with van der Waals surface area (Å²) in [5, 5.41) is -0.163. The van der Waals surface area contributed by atoms with Crippen molar-refractivity contribution in [3.8, 4) is 17.2 Å². The molecule has 1 heterocycles. The van der Waals surface area contributed by atoms with Gasteiger partial charge in [0.25, 0.3) is 0 Å². The molecule has 0 saturated carbocycles. The minimum atomic E-state index is -2.37. The second-order valence-corrected chi connectivity index (χ2v) is 57.8. The molecular formula is C70H132O11Si5. The maximum absolute atomic E-state index is 15.0. The lowest BCUT2D eigenvalue weighted by Crippen LogP contribution is -2.52. The summed E-state index contributed by atoms with van der Waals surface area (Å²) in [6.07, 6.45) is 5.97. The highest BCUT2D eigenvalue weighted by Crippen LogP contribution is 2.44. The molecule has 1 fully saturated rings. The number of carbonyl (C=O) groups is 2. The van der Waals surface area contributed by atoms with Gasteiger partial charge in [-0.05, 0) is 177 Å². The van der Waals surface area contributed by atoms with E-state index >= 15 is 0 Å². The molecule has 498 valence electrons. The van der Waals surface area contributed by atoms with Crippen LogP contribution in [0.3, 0.4) is 0 Å². The van der Waals surface area contributed by atoms with Gasteiger partial charge in [0.2, 0.25) is 0 Å². The van der Waals surface area contributed by atoms with Gasteiger partial charge >= 0.3 is 5.97 Å². The predicted molar refractivity (Wildman–Crippen MR) is 374 cm³/mol. The average molecular weight is 1290 g/mol. The highest BCUT2D eigenvalue weighted by Gasteiger charge is 2.47. The second-order valence-electron chi connectivity index (χ2n) is 34.1. The van der Waals surface area contributed by atoms with Gasteiger partial charge in [0, 0.05) is 31.0 Å². The molecule has 0 bridgehead atoms. The van der Waals surface area contributed by atoms with Crippen LogP contribution in [0.5, 0.6) is 5.75 Å². The molecule has 1 aromatic rings. The van der Waals surface area contributed by atoms with Crippen molar-refractivity contribution in [1.82, 2.24) is 0 Å². The Morgan fingerprint density at radius 2 is 1.12 bits per heavy atom. The van der Waals surface area contributed by atoms with Crippen LogP contribution in [0.2, 0.25) is 92.2 Å².